The molecule has 0 saturated heterocycles. The standard InChI is InChI=1S/C40H58F2N6O9S/c1-13-24(23-14-15-25(41)26(42)18-23)32(49)48-37-27(38(54)56-12)22(8)31(58-37)36(53)44-17-16-43-33(50)28(19(2)3)45-34(51)29(20(4)5)46-35(52)30(21(6)7)47-39(55)57-40(9,10)11/h14-15,18-21,24,28-30H,13,16-17H2,1-12H3,(H,43,50)(H,44,53)(H,45,51)(H,46,52)(H,47,55)(H,48,49)/t24?,28-,29-,30-/m0/s1. The highest BCUT2D eigenvalue weighted by atomic mass is 32.1. The number of hydrogen-bond acceptors (Lipinski definition) is 10. The number of hydrogen-bond donors (Lipinski definition) is 6. The van der Waals surface area contributed by atoms with E-state index < -0.39 is 88.8 Å². The first-order chi connectivity index (χ1) is 26.9. The van der Waals surface area contributed by atoms with Gasteiger partial charge in [0.2, 0.25) is 23.6 Å². The lowest BCUT2D eigenvalue weighted by atomic mass is 9.95. The Hall–Kier alpha value is -5.13. The van der Waals surface area contributed by atoms with E-state index >= 15 is 0 Å². The van der Waals surface area contributed by atoms with Gasteiger partial charge in [0.05, 0.1) is 23.5 Å². The monoisotopic (exact) mass is 836 g/mol. The van der Waals surface area contributed by atoms with Crippen molar-refractivity contribution in [2.45, 2.75) is 112 Å². The Morgan fingerprint density at radius 1 is 0.741 bits per heavy atom. The van der Waals surface area contributed by atoms with E-state index in [1.165, 1.54) is 13.0 Å². The molecule has 2 rings (SSSR count). The topological polar surface area (TPSA) is 210 Å². The van der Waals surface area contributed by atoms with Gasteiger partial charge in [0.15, 0.2) is 11.6 Å². The number of ether oxygens (including phenoxy) is 2. The molecule has 0 fully saturated rings. The summed E-state index contributed by atoms with van der Waals surface area (Å²) in [7, 11) is 1.14. The normalized spacial score (nSPS) is 13.5. The van der Waals surface area contributed by atoms with E-state index in [-0.39, 0.29) is 57.9 Å². The molecule has 0 spiro atoms. The van der Waals surface area contributed by atoms with Crippen molar-refractivity contribution in [2.24, 2.45) is 17.8 Å². The third-order valence-electron chi connectivity index (χ3n) is 8.87. The van der Waals surface area contributed by atoms with Gasteiger partial charge in [0.25, 0.3) is 5.91 Å². The number of benzene rings is 1. The average molecular weight is 837 g/mol. The lowest BCUT2D eigenvalue weighted by Crippen LogP contribution is -2.60. The van der Waals surface area contributed by atoms with Crippen molar-refractivity contribution in [1.82, 2.24) is 26.6 Å². The summed E-state index contributed by atoms with van der Waals surface area (Å²) in [6.45, 7) is 18.5. The van der Waals surface area contributed by atoms with Gasteiger partial charge in [-0.1, -0.05) is 54.5 Å². The minimum absolute atomic E-state index is 0.0271. The van der Waals surface area contributed by atoms with Gasteiger partial charge in [-0.25, -0.2) is 18.4 Å². The predicted molar refractivity (Wildman–Crippen MR) is 215 cm³/mol. The summed E-state index contributed by atoms with van der Waals surface area (Å²) in [6, 6.07) is 0.0612. The second-order valence-electron chi connectivity index (χ2n) is 15.8. The van der Waals surface area contributed by atoms with Crippen LogP contribution in [0.15, 0.2) is 18.2 Å². The average Bonchev–Trinajstić information content (AvgIpc) is 3.44. The fourth-order valence-corrected chi connectivity index (χ4v) is 6.86. The second kappa shape index (κ2) is 21.6. The maximum absolute atomic E-state index is 13.9. The molecule has 1 aromatic heterocycles. The number of esters is 1. The van der Waals surface area contributed by atoms with Gasteiger partial charge >= 0.3 is 12.1 Å². The molecular weight excluding hydrogens is 779 g/mol. The summed E-state index contributed by atoms with van der Waals surface area (Å²) in [5, 5.41) is 16.0. The van der Waals surface area contributed by atoms with Crippen LogP contribution in [0.3, 0.4) is 0 Å². The maximum atomic E-state index is 13.9. The molecule has 1 unspecified atom stereocenters. The molecule has 15 nitrogen and oxygen atoms in total. The van der Waals surface area contributed by atoms with Crippen molar-refractivity contribution in [3.63, 3.8) is 0 Å². The first-order valence-corrected chi connectivity index (χ1v) is 19.9. The van der Waals surface area contributed by atoms with E-state index in [0.29, 0.717) is 0 Å². The number of methoxy groups -OCH3 is 1. The van der Waals surface area contributed by atoms with Crippen molar-refractivity contribution < 1.29 is 51.8 Å². The van der Waals surface area contributed by atoms with Crippen LogP contribution < -0.4 is 31.9 Å². The van der Waals surface area contributed by atoms with Crippen molar-refractivity contribution in [1.29, 1.82) is 0 Å². The van der Waals surface area contributed by atoms with Crippen LogP contribution in [0.25, 0.3) is 0 Å². The van der Waals surface area contributed by atoms with Gasteiger partial charge in [-0.2, -0.15) is 0 Å². The fourth-order valence-electron chi connectivity index (χ4n) is 5.74. The quantitative estimate of drug-likeness (QED) is 0.0887. The van der Waals surface area contributed by atoms with E-state index in [4.69, 9.17) is 9.47 Å². The minimum atomic E-state index is -1.11. The Bertz CT molecular complexity index is 1830. The number of alkyl carbamates (subject to hydrolysis) is 1. The van der Waals surface area contributed by atoms with Gasteiger partial charge in [-0.15, -0.1) is 11.3 Å². The molecule has 6 amide bonds. The lowest BCUT2D eigenvalue weighted by Gasteiger charge is -2.29. The highest BCUT2D eigenvalue weighted by molar-refractivity contribution is 7.18. The molecular formula is C40H58F2N6O9S. The van der Waals surface area contributed by atoms with E-state index in [0.717, 1.165) is 30.6 Å². The summed E-state index contributed by atoms with van der Waals surface area (Å²) in [5.74, 6) is -7.99. The first kappa shape index (κ1) is 49.0. The summed E-state index contributed by atoms with van der Waals surface area (Å²) < 4.78 is 37.7. The highest BCUT2D eigenvalue weighted by Gasteiger charge is 2.34. The van der Waals surface area contributed by atoms with Crippen molar-refractivity contribution >= 4 is 57.9 Å². The molecule has 322 valence electrons. The lowest BCUT2D eigenvalue weighted by molar-refractivity contribution is -0.134. The molecule has 2 aromatic rings. The second-order valence-corrected chi connectivity index (χ2v) is 16.8. The van der Waals surface area contributed by atoms with Gasteiger partial charge in [-0.3, -0.25) is 24.0 Å². The van der Waals surface area contributed by atoms with Crippen LogP contribution in [-0.2, 0) is 28.7 Å². The van der Waals surface area contributed by atoms with Crippen LogP contribution in [0.5, 0.6) is 0 Å². The number of halogens is 2. The molecule has 0 saturated carbocycles. The highest BCUT2D eigenvalue weighted by Crippen LogP contribution is 2.35. The zero-order valence-electron chi connectivity index (χ0n) is 35.2. The Balaban J connectivity index is 2.11. The Morgan fingerprint density at radius 3 is 1.74 bits per heavy atom. The molecule has 0 radical (unpaired) electrons. The zero-order valence-corrected chi connectivity index (χ0v) is 36.0. The smallest absolute Gasteiger partial charge is 0.408 e. The Labute approximate surface area is 342 Å². The molecule has 0 aliphatic rings. The van der Waals surface area contributed by atoms with Crippen LogP contribution in [0.1, 0.15) is 113 Å². The number of rotatable bonds is 18. The Morgan fingerprint density at radius 2 is 1.26 bits per heavy atom. The predicted octanol–water partition coefficient (Wildman–Crippen LogP) is 4.93. The fraction of sp³-hybridized carbons (Fsp3) is 0.575. The molecule has 0 aliphatic heterocycles. The molecule has 18 heteroatoms. The van der Waals surface area contributed by atoms with Crippen molar-refractivity contribution in [3.05, 3.63) is 51.4 Å². The van der Waals surface area contributed by atoms with Crippen molar-refractivity contribution in [3.8, 4) is 0 Å². The van der Waals surface area contributed by atoms with Gasteiger partial charge in [0, 0.05) is 13.1 Å². The molecule has 1 aromatic carbocycles. The van der Waals surface area contributed by atoms with Gasteiger partial charge in [-0.05, 0) is 75.1 Å². The summed E-state index contributed by atoms with van der Waals surface area (Å²) in [6.07, 6.45) is -0.563. The molecule has 1 heterocycles. The van der Waals surface area contributed by atoms with Gasteiger partial charge < -0.3 is 41.4 Å². The molecule has 4 atom stereocenters. The Kier molecular flexibility index (Phi) is 18.2. The van der Waals surface area contributed by atoms with Crippen molar-refractivity contribution in [2.75, 3.05) is 25.5 Å². The number of carbonyl (C=O) groups is 7. The van der Waals surface area contributed by atoms with Crippen LogP contribution in [-0.4, -0.2) is 85.5 Å². The van der Waals surface area contributed by atoms with Crippen LogP contribution in [0.4, 0.5) is 18.6 Å². The third kappa shape index (κ3) is 13.8. The first-order valence-electron chi connectivity index (χ1n) is 19.1. The van der Waals surface area contributed by atoms with Crippen LogP contribution >= 0.6 is 11.3 Å². The number of amides is 6. The largest absolute Gasteiger partial charge is 0.465 e. The summed E-state index contributed by atoms with van der Waals surface area (Å²) >= 11 is 0.821. The maximum Gasteiger partial charge on any atom is 0.408 e. The van der Waals surface area contributed by atoms with Gasteiger partial charge in [0.1, 0.15) is 28.7 Å². The zero-order chi connectivity index (χ0) is 44.2. The van der Waals surface area contributed by atoms with E-state index in [9.17, 15) is 42.3 Å². The third-order valence-corrected chi connectivity index (χ3v) is 10.1. The summed E-state index contributed by atoms with van der Waals surface area (Å²) in [5.41, 5.74) is -0.390. The SMILES string of the molecule is CCC(C(=O)Nc1sc(C(=O)NCCNC(=O)[C@@H](NC(=O)[C@@H](NC(=O)[C@@H](NC(=O)OC(C)(C)C)C(C)C)C(C)C)C(C)C)c(C)c1C(=O)OC)c1ccc(F)c(F)c1. The molecule has 0 bridgehead atoms. The van der Waals surface area contributed by atoms with E-state index in [2.05, 4.69) is 31.9 Å². The number of carbonyl (C=O) groups excluding carboxylic acids is 7. The number of thiophene rings is 1. The number of anilines is 1. The summed E-state index contributed by atoms with van der Waals surface area (Å²) in [4.78, 5) is 92.0. The molecule has 0 aliphatic carbocycles. The molecule has 6 N–H and O–H groups in total. The minimum Gasteiger partial charge on any atom is -0.465 e. The van der Waals surface area contributed by atoms with E-state index in [1.807, 2.05) is 0 Å². The molecule has 58 heavy (non-hydrogen) atoms. The van der Waals surface area contributed by atoms with Crippen LogP contribution in [0, 0.1) is 36.3 Å². The van der Waals surface area contributed by atoms with Crippen LogP contribution in [0.2, 0.25) is 0 Å². The number of nitrogens with one attached hydrogen (secondary N) is 6. The van der Waals surface area contributed by atoms with E-state index in [1.54, 1.807) is 69.2 Å².